The molecule has 1 aromatic heterocycles. The molecule has 0 radical (unpaired) electrons. The van der Waals surface area contributed by atoms with Crippen LogP contribution in [0.25, 0.3) is 0 Å². The fraction of sp³-hybridized carbons (Fsp3) is 0.440. The molecule has 3 N–H and O–H groups in total. The number of halogens is 2. The third-order valence-corrected chi connectivity index (χ3v) is 9.80. The molecule has 36 heavy (non-hydrogen) atoms. The Labute approximate surface area is 207 Å². The number of sulfonamides is 1. The lowest BCUT2D eigenvalue weighted by atomic mass is 9.55. The standard InChI is InChI=1S/C25H28F2N4O4S/c1-15-8-9-21(16-6-4-3-5-7-16)36(33,34)31(15)12-17-10-20(27)18(11-19(17)26)25(13-24(2,28)14-25)22-29-30-23(32)35-22/h3-7,10-11,15,21H,8-9,12-14,28H2,1-2H3,(H,30,32)/t15-,21+,24-,25-/m0/s1. The second kappa shape index (κ2) is 8.60. The van der Waals surface area contributed by atoms with Crippen molar-refractivity contribution in [2.45, 2.75) is 68.3 Å². The summed E-state index contributed by atoms with van der Waals surface area (Å²) in [7, 11) is -3.82. The average molecular weight is 519 g/mol. The molecule has 11 heteroatoms. The highest BCUT2D eigenvalue weighted by molar-refractivity contribution is 7.89. The number of aromatic nitrogens is 2. The van der Waals surface area contributed by atoms with Crippen molar-refractivity contribution >= 4 is 10.0 Å². The van der Waals surface area contributed by atoms with Crippen molar-refractivity contribution in [1.82, 2.24) is 14.5 Å². The third kappa shape index (κ3) is 4.08. The van der Waals surface area contributed by atoms with Crippen LogP contribution < -0.4 is 11.5 Å². The Kier molecular flexibility index (Phi) is 5.92. The number of benzene rings is 2. The van der Waals surface area contributed by atoms with Gasteiger partial charge >= 0.3 is 5.76 Å². The van der Waals surface area contributed by atoms with Crippen molar-refractivity contribution in [3.8, 4) is 0 Å². The van der Waals surface area contributed by atoms with E-state index in [-0.39, 0.29) is 42.4 Å². The predicted molar refractivity (Wildman–Crippen MR) is 128 cm³/mol. The molecule has 2 aromatic carbocycles. The topological polar surface area (TPSA) is 122 Å². The van der Waals surface area contributed by atoms with Crippen LogP contribution in [0.15, 0.2) is 51.7 Å². The summed E-state index contributed by atoms with van der Waals surface area (Å²) in [5.74, 6) is -2.35. The maximum absolute atomic E-state index is 15.5. The lowest BCUT2D eigenvalue weighted by Gasteiger charge is -2.51. The highest BCUT2D eigenvalue weighted by atomic mass is 32.2. The van der Waals surface area contributed by atoms with Crippen molar-refractivity contribution in [3.05, 3.63) is 87.2 Å². The Morgan fingerprint density at radius 2 is 1.86 bits per heavy atom. The predicted octanol–water partition coefficient (Wildman–Crippen LogP) is 3.49. The Morgan fingerprint density at radius 3 is 2.47 bits per heavy atom. The molecule has 0 amide bonds. The lowest BCUT2D eigenvalue weighted by Crippen LogP contribution is -2.59. The van der Waals surface area contributed by atoms with Crippen LogP contribution in [0.5, 0.6) is 0 Å². The fourth-order valence-corrected chi connectivity index (χ4v) is 8.00. The van der Waals surface area contributed by atoms with Crippen LogP contribution in [-0.4, -0.2) is 34.5 Å². The first kappa shape index (κ1) is 24.8. The van der Waals surface area contributed by atoms with E-state index in [0.29, 0.717) is 18.4 Å². The van der Waals surface area contributed by atoms with Crippen LogP contribution in [0.4, 0.5) is 8.78 Å². The van der Waals surface area contributed by atoms with Gasteiger partial charge in [0.25, 0.3) is 0 Å². The van der Waals surface area contributed by atoms with E-state index in [0.717, 1.165) is 12.1 Å². The van der Waals surface area contributed by atoms with Gasteiger partial charge in [-0.3, -0.25) is 0 Å². The molecule has 3 aromatic rings. The van der Waals surface area contributed by atoms with Crippen molar-refractivity contribution in [2.75, 3.05) is 0 Å². The van der Waals surface area contributed by atoms with E-state index < -0.39 is 43.6 Å². The number of nitrogens with zero attached hydrogens (tertiary/aromatic N) is 2. The van der Waals surface area contributed by atoms with Gasteiger partial charge in [0.2, 0.25) is 15.9 Å². The molecule has 1 aliphatic carbocycles. The minimum absolute atomic E-state index is 0.0290. The molecule has 2 atom stereocenters. The smallest absolute Gasteiger partial charge is 0.391 e. The van der Waals surface area contributed by atoms with Gasteiger partial charge in [0.05, 0.1) is 5.41 Å². The molecule has 1 saturated heterocycles. The van der Waals surface area contributed by atoms with Crippen molar-refractivity contribution in [2.24, 2.45) is 5.73 Å². The molecule has 0 unspecified atom stereocenters. The summed E-state index contributed by atoms with van der Waals surface area (Å²) in [6.07, 6.45) is 1.44. The van der Waals surface area contributed by atoms with Gasteiger partial charge in [-0.1, -0.05) is 30.3 Å². The largest absolute Gasteiger partial charge is 0.434 e. The zero-order valence-electron chi connectivity index (χ0n) is 20.0. The Hall–Kier alpha value is -2.89. The molecular weight excluding hydrogens is 490 g/mol. The molecule has 1 aliphatic heterocycles. The number of hydrogen-bond acceptors (Lipinski definition) is 6. The number of nitrogens with one attached hydrogen (secondary N) is 1. The normalized spacial score (nSPS) is 30.1. The molecule has 2 heterocycles. The summed E-state index contributed by atoms with van der Waals surface area (Å²) in [5, 5.41) is 5.29. The second-order valence-corrected chi connectivity index (χ2v) is 12.4. The van der Waals surface area contributed by atoms with E-state index in [2.05, 4.69) is 10.2 Å². The van der Waals surface area contributed by atoms with Crippen LogP contribution in [-0.2, 0) is 22.0 Å². The molecule has 8 nitrogen and oxygen atoms in total. The first-order valence-corrected chi connectivity index (χ1v) is 13.3. The second-order valence-electron chi connectivity index (χ2n) is 10.3. The summed E-state index contributed by atoms with van der Waals surface area (Å²) in [5.41, 5.74) is 4.87. The zero-order valence-corrected chi connectivity index (χ0v) is 20.8. The van der Waals surface area contributed by atoms with E-state index in [9.17, 15) is 13.2 Å². The van der Waals surface area contributed by atoms with E-state index in [4.69, 9.17) is 10.2 Å². The van der Waals surface area contributed by atoms with Crippen LogP contribution >= 0.6 is 0 Å². The number of nitrogens with two attached hydrogens (primary N) is 1. The summed E-state index contributed by atoms with van der Waals surface area (Å²) >= 11 is 0. The van der Waals surface area contributed by atoms with Crippen molar-refractivity contribution in [1.29, 1.82) is 0 Å². The Balaban J connectivity index is 1.49. The molecule has 0 bridgehead atoms. The molecular formula is C25H28F2N4O4S. The van der Waals surface area contributed by atoms with Crippen LogP contribution in [0.1, 0.15) is 67.4 Å². The summed E-state index contributed by atoms with van der Waals surface area (Å²) in [6, 6.07) is 10.6. The van der Waals surface area contributed by atoms with Crippen LogP contribution in [0.2, 0.25) is 0 Å². The minimum Gasteiger partial charge on any atom is -0.391 e. The van der Waals surface area contributed by atoms with Gasteiger partial charge in [-0.2, -0.15) is 4.31 Å². The SMILES string of the molecule is C[C@H]1CC[C@H](c2ccccc2)S(=O)(=O)N1Cc1cc(F)c([C@]2(c3n[nH]c(=O)o3)C[C@](C)(N)C2)cc1F. The monoisotopic (exact) mass is 518 g/mol. The first-order valence-electron chi connectivity index (χ1n) is 11.8. The zero-order chi connectivity index (χ0) is 25.9. The van der Waals surface area contributed by atoms with Crippen molar-refractivity contribution < 1.29 is 21.6 Å². The van der Waals surface area contributed by atoms with Crippen molar-refractivity contribution in [3.63, 3.8) is 0 Å². The first-order chi connectivity index (χ1) is 16.9. The summed E-state index contributed by atoms with van der Waals surface area (Å²) in [4.78, 5) is 11.6. The highest BCUT2D eigenvalue weighted by Crippen LogP contribution is 2.53. The molecule has 0 spiro atoms. The van der Waals surface area contributed by atoms with Crippen LogP contribution in [0.3, 0.4) is 0 Å². The number of hydrogen-bond donors (Lipinski definition) is 2. The number of H-pyrrole nitrogens is 1. The Morgan fingerprint density at radius 1 is 1.17 bits per heavy atom. The van der Waals surface area contributed by atoms with E-state index in [1.807, 2.05) is 6.07 Å². The molecule has 5 rings (SSSR count). The maximum atomic E-state index is 15.5. The molecule has 2 fully saturated rings. The summed E-state index contributed by atoms with van der Waals surface area (Å²) < 4.78 is 64.4. The quantitative estimate of drug-likeness (QED) is 0.533. The van der Waals surface area contributed by atoms with E-state index in [1.54, 1.807) is 38.1 Å². The van der Waals surface area contributed by atoms with Gasteiger partial charge in [0.15, 0.2) is 0 Å². The van der Waals surface area contributed by atoms with Gasteiger partial charge < -0.3 is 10.2 Å². The van der Waals surface area contributed by atoms with Gasteiger partial charge in [-0.15, -0.1) is 5.10 Å². The van der Waals surface area contributed by atoms with E-state index in [1.165, 1.54) is 4.31 Å². The number of rotatable bonds is 5. The Bertz CT molecular complexity index is 1440. The fourth-order valence-electron chi connectivity index (χ4n) is 5.81. The van der Waals surface area contributed by atoms with Gasteiger partial charge in [-0.25, -0.2) is 27.1 Å². The van der Waals surface area contributed by atoms with Crippen LogP contribution in [0, 0.1) is 11.6 Å². The van der Waals surface area contributed by atoms with E-state index >= 15 is 8.78 Å². The van der Waals surface area contributed by atoms with Gasteiger partial charge in [0.1, 0.15) is 16.9 Å². The lowest BCUT2D eigenvalue weighted by molar-refractivity contribution is 0.121. The highest BCUT2D eigenvalue weighted by Gasteiger charge is 2.56. The minimum atomic E-state index is -3.82. The third-order valence-electron chi connectivity index (χ3n) is 7.43. The van der Waals surface area contributed by atoms with Gasteiger partial charge in [0, 0.05) is 29.3 Å². The molecule has 1 saturated carbocycles. The number of aromatic amines is 1. The molecule has 2 aliphatic rings. The maximum Gasteiger partial charge on any atom is 0.434 e. The molecule has 192 valence electrons. The van der Waals surface area contributed by atoms with Gasteiger partial charge in [-0.05, 0) is 57.2 Å². The average Bonchev–Trinajstić information content (AvgIpc) is 3.23. The summed E-state index contributed by atoms with van der Waals surface area (Å²) in [6.45, 7) is 3.24.